The first-order valence-corrected chi connectivity index (χ1v) is 7.85. The number of H-pyrrole nitrogens is 1. The van der Waals surface area contributed by atoms with Crippen molar-refractivity contribution in [3.8, 4) is 17.5 Å². The van der Waals surface area contributed by atoms with Gasteiger partial charge < -0.3 is 0 Å². The molecule has 0 aliphatic rings. The van der Waals surface area contributed by atoms with Crippen LogP contribution >= 0.6 is 11.8 Å². The van der Waals surface area contributed by atoms with Crippen LogP contribution < -0.4 is 0 Å². The topological polar surface area (TPSA) is 65.4 Å². The molecule has 3 aromatic rings. The number of thioether (sulfide) groups is 1. The quantitative estimate of drug-likeness (QED) is 0.741. The number of hydrogen-bond acceptors (Lipinski definition) is 4. The average Bonchev–Trinajstić information content (AvgIpc) is 3.03. The summed E-state index contributed by atoms with van der Waals surface area (Å²) < 4.78 is 0. The van der Waals surface area contributed by atoms with Gasteiger partial charge in [-0.2, -0.15) is 5.26 Å². The molecule has 22 heavy (non-hydrogen) atoms. The summed E-state index contributed by atoms with van der Waals surface area (Å²) in [5.41, 5.74) is 3.93. The fraction of sp³-hybridized carbons (Fsp3) is 0.118. The van der Waals surface area contributed by atoms with Crippen LogP contribution in [0.15, 0.2) is 53.7 Å². The zero-order valence-corrected chi connectivity index (χ0v) is 12.9. The van der Waals surface area contributed by atoms with Gasteiger partial charge in [0.05, 0.1) is 11.6 Å². The van der Waals surface area contributed by atoms with E-state index < -0.39 is 0 Å². The highest BCUT2D eigenvalue weighted by Crippen LogP contribution is 2.23. The van der Waals surface area contributed by atoms with Gasteiger partial charge in [0.25, 0.3) is 0 Å². The smallest absolute Gasteiger partial charge is 0.209 e. The number of hydrogen-bond donors (Lipinski definition) is 1. The Morgan fingerprint density at radius 2 is 1.91 bits per heavy atom. The molecule has 0 aliphatic carbocycles. The molecule has 1 N–H and O–H groups in total. The number of aryl methyl sites for hydroxylation is 1. The van der Waals surface area contributed by atoms with Crippen LogP contribution in [0.4, 0.5) is 0 Å². The van der Waals surface area contributed by atoms with Crippen molar-refractivity contribution in [1.29, 1.82) is 5.26 Å². The highest BCUT2D eigenvalue weighted by Gasteiger charge is 2.08. The van der Waals surface area contributed by atoms with Gasteiger partial charge in [-0.3, -0.25) is 5.10 Å². The van der Waals surface area contributed by atoms with Gasteiger partial charge in [0.15, 0.2) is 5.82 Å². The molecule has 1 aromatic heterocycles. The molecule has 0 saturated carbocycles. The first-order valence-electron chi connectivity index (χ1n) is 6.86. The SMILES string of the molecule is Cc1ccc(-c2nc(SCc3ccccc3C#N)n[nH]2)cc1. The molecule has 2 aromatic carbocycles. The van der Waals surface area contributed by atoms with E-state index >= 15 is 0 Å². The van der Waals surface area contributed by atoms with Crippen LogP contribution in [-0.2, 0) is 5.75 Å². The Morgan fingerprint density at radius 3 is 2.68 bits per heavy atom. The van der Waals surface area contributed by atoms with Crippen molar-refractivity contribution >= 4 is 11.8 Å². The molecular formula is C17H14N4S. The monoisotopic (exact) mass is 306 g/mol. The minimum absolute atomic E-state index is 0.676. The molecule has 0 radical (unpaired) electrons. The second-order valence-electron chi connectivity index (χ2n) is 4.89. The van der Waals surface area contributed by atoms with Gasteiger partial charge in [-0.25, -0.2) is 4.98 Å². The van der Waals surface area contributed by atoms with Gasteiger partial charge >= 0.3 is 0 Å². The molecule has 108 valence electrons. The highest BCUT2D eigenvalue weighted by atomic mass is 32.2. The van der Waals surface area contributed by atoms with Crippen molar-refractivity contribution in [2.75, 3.05) is 0 Å². The van der Waals surface area contributed by atoms with Crippen molar-refractivity contribution in [2.24, 2.45) is 0 Å². The molecule has 0 saturated heterocycles. The summed E-state index contributed by atoms with van der Waals surface area (Å²) in [6.07, 6.45) is 0. The summed E-state index contributed by atoms with van der Waals surface area (Å²) >= 11 is 1.52. The second kappa shape index (κ2) is 6.46. The molecule has 0 spiro atoms. The van der Waals surface area contributed by atoms with E-state index in [0.29, 0.717) is 16.5 Å². The number of nitrogens with zero attached hydrogens (tertiary/aromatic N) is 3. The van der Waals surface area contributed by atoms with Crippen LogP contribution in [0.2, 0.25) is 0 Å². The highest BCUT2D eigenvalue weighted by molar-refractivity contribution is 7.98. The first kappa shape index (κ1) is 14.4. The van der Waals surface area contributed by atoms with Gasteiger partial charge in [0, 0.05) is 11.3 Å². The van der Waals surface area contributed by atoms with Crippen LogP contribution in [0.1, 0.15) is 16.7 Å². The maximum atomic E-state index is 9.09. The van der Waals surface area contributed by atoms with E-state index in [2.05, 4.69) is 28.2 Å². The lowest BCUT2D eigenvalue weighted by Gasteiger charge is -2.00. The number of benzene rings is 2. The van der Waals surface area contributed by atoms with Crippen LogP contribution in [0.3, 0.4) is 0 Å². The van der Waals surface area contributed by atoms with Gasteiger partial charge in [-0.15, -0.1) is 5.10 Å². The molecule has 0 fully saturated rings. The molecule has 3 rings (SSSR count). The Morgan fingerprint density at radius 1 is 1.14 bits per heavy atom. The number of nitriles is 1. The number of rotatable bonds is 4. The minimum atomic E-state index is 0.676. The fourth-order valence-electron chi connectivity index (χ4n) is 2.05. The average molecular weight is 306 g/mol. The number of aromatic nitrogens is 3. The lowest BCUT2D eigenvalue weighted by Crippen LogP contribution is -1.87. The van der Waals surface area contributed by atoms with Gasteiger partial charge in [-0.1, -0.05) is 59.8 Å². The van der Waals surface area contributed by atoms with Crippen molar-refractivity contribution in [3.05, 3.63) is 65.2 Å². The zero-order chi connectivity index (χ0) is 15.4. The molecule has 0 aliphatic heterocycles. The van der Waals surface area contributed by atoms with E-state index in [1.807, 2.05) is 48.5 Å². The molecular weight excluding hydrogens is 292 g/mol. The third kappa shape index (κ3) is 3.18. The van der Waals surface area contributed by atoms with Gasteiger partial charge in [0.2, 0.25) is 5.16 Å². The summed E-state index contributed by atoms with van der Waals surface area (Å²) in [4.78, 5) is 4.49. The summed E-state index contributed by atoms with van der Waals surface area (Å²) in [5, 5.41) is 17.0. The fourth-order valence-corrected chi connectivity index (χ4v) is 2.85. The maximum Gasteiger partial charge on any atom is 0.209 e. The number of aromatic amines is 1. The molecule has 5 heteroatoms. The Balaban J connectivity index is 1.72. The first-order chi connectivity index (χ1) is 10.8. The number of nitrogens with one attached hydrogen (secondary N) is 1. The summed E-state index contributed by atoms with van der Waals surface area (Å²) in [7, 11) is 0. The molecule has 0 unspecified atom stereocenters. The van der Waals surface area contributed by atoms with E-state index in [1.165, 1.54) is 17.3 Å². The van der Waals surface area contributed by atoms with E-state index in [9.17, 15) is 0 Å². The van der Waals surface area contributed by atoms with Crippen molar-refractivity contribution < 1.29 is 0 Å². The molecule has 4 nitrogen and oxygen atoms in total. The van der Waals surface area contributed by atoms with Crippen LogP contribution in [0.25, 0.3) is 11.4 Å². The van der Waals surface area contributed by atoms with Crippen LogP contribution in [0, 0.1) is 18.3 Å². The van der Waals surface area contributed by atoms with E-state index in [4.69, 9.17) is 5.26 Å². The lowest BCUT2D eigenvalue weighted by atomic mass is 10.1. The third-order valence-electron chi connectivity index (χ3n) is 3.28. The second-order valence-corrected chi connectivity index (χ2v) is 5.83. The molecule has 1 heterocycles. The molecule has 0 atom stereocenters. The summed E-state index contributed by atoms with van der Waals surface area (Å²) in [5.74, 6) is 1.44. The summed E-state index contributed by atoms with van der Waals surface area (Å²) in [6, 6.07) is 17.9. The van der Waals surface area contributed by atoms with Gasteiger partial charge in [-0.05, 0) is 18.6 Å². The van der Waals surface area contributed by atoms with E-state index in [1.54, 1.807) is 0 Å². The van der Waals surface area contributed by atoms with Crippen molar-refractivity contribution in [2.45, 2.75) is 17.8 Å². The van der Waals surface area contributed by atoms with Crippen molar-refractivity contribution in [3.63, 3.8) is 0 Å². The normalized spacial score (nSPS) is 10.4. The van der Waals surface area contributed by atoms with E-state index in [-0.39, 0.29) is 0 Å². The molecule has 0 amide bonds. The largest absolute Gasteiger partial charge is 0.258 e. The van der Waals surface area contributed by atoms with Crippen LogP contribution in [-0.4, -0.2) is 15.2 Å². The summed E-state index contributed by atoms with van der Waals surface area (Å²) in [6.45, 7) is 2.05. The Bertz CT molecular complexity index is 815. The van der Waals surface area contributed by atoms with Crippen LogP contribution in [0.5, 0.6) is 0 Å². The lowest BCUT2D eigenvalue weighted by molar-refractivity contribution is 0.973. The predicted octanol–water partition coefficient (Wildman–Crippen LogP) is 3.94. The van der Waals surface area contributed by atoms with Gasteiger partial charge in [0.1, 0.15) is 0 Å². The molecule has 0 bridgehead atoms. The predicted molar refractivity (Wildman–Crippen MR) is 87.3 cm³/mol. The zero-order valence-electron chi connectivity index (χ0n) is 12.1. The minimum Gasteiger partial charge on any atom is -0.258 e. The Kier molecular flexibility index (Phi) is 4.22. The third-order valence-corrected chi connectivity index (χ3v) is 4.18. The Labute approximate surface area is 133 Å². The standard InChI is InChI=1S/C17H14N4S/c1-12-6-8-13(9-7-12)16-19-17(21-20-16)22-11-15-5-3-2-4-14(15)10-18/h2-9H,11H2,1H3,(H,19,20,21). The maximum absolute atomic E-state index is 9.09. The Hall–Kier alpha value is -2.58. The van der Waals surface area contributed by atoms with Crippen molar-refractivity contribution in [1.82, 2.24) is 15.2 Å². The van der Waals surface area contributed by atoms with E-state index in [0.717, 1.165) is 17.0 Å².